The van der Waals surface area contributed by atoms with Crippen molar-refractivity contribution in [3.05, 3.63) is 52.8 Å². The van der Waals surface area contributed by atoms with E-state index in [1.807, 2.05) is 0 Å². The molecule has 5 bridgehead atoms. The summed E-state index contributed by atoms with van der Waals surface area (Å²) >= 11 is 0. The number of likely N-dealkylation sites (N-methyl/N-ethyl adjacent to an activating group) is 1. The second-order valence-electron chi connectivity index (χ2n) is 16.9. The van der Waals surface area contributed by atoms with E-state index in [9.17, 15) is 44.7 Å². The van der Waals surface area contributed by atoms with Crippen LogP contribution in [0.15, 0.2) is 41.2 Å². The zero-order valence-electron chi connectivity index (χ0n) is 36.6. The molecule has 0 fully saturated rings. The first-order valence-electron chi connectivity index (χ1n) is 19.6. The number of hydrazone groups is 1. The van der Waals surface area contributed by atoms with Crippen molar-refractivity contribution in [2.24, 2.45) is 28.8 Å². The number of anilines is 1. The average Bonchev–Trinajstić information content (AvgIpc) is 3.43. The van der Waals surface area contributed by atoms with Gasteiger partial charge in [0.25, 0.3) is 17.6 Å². The van der Waals surface area contributed by atoms with Crippen molar-refractivity contribution in [2.75, 3.05) is 40.1 Å². The lowest BCUT2D eigenvalue weighted by Gasteiger charge is -2.38. The molecule has 61 heavy (non-hydrogen) atoms. The Kier molecular flexibility index (Phi) is 16.2. The predicted molar refractivity (Wildman–Crippen MR) is 222 cm³/mol. The number of hydrogen-bond donors (Lipinski definition) is 7. The van der Waals surface area contributed by atoms with Crippen molar-refractivity contribution >= 4 is 46.2 Å². The van der Waals surface area contributed by atoms with Gasteiger partial charge in [-0.05, 0) is 19.9 Å². The largest absolute Gasteiger partial charge is 1.00 e. The number of carbonyl (C=O) groups is 4. The van der Waals surface area contributed by atoms with Gasteiger partial charge in [-0.3, -0.25) is 19.2 Å². The molecule has 0 aromatic heterocycles. The molecule has 17 nitrogen and oxygen atoms in total. The highest BCUT2D eigenvalue weighted by Crippen LogP contribution is 2.55. The van der Waals surface area contributed by atoms with E-state index in [0.717, 1.165) is 12.5 Å². The number of aliphatic hydroxyl groups excluding tert-OH is 2. The number of ether oxygens (including phenoxy) is 4. The summed E-state index contributed by atoms with van der Waals surface area (Å²) in [4.78, 5) is 53.0. The molecule has 0 spiro atoms. The number of quaternary nitrogens is 1. The molecule has 9 unspecified atom stereocenters. The first-order chi connectivity index (χ1) is 27.9. The predicted octanol–water partition coefficient (Wildman–Crippen LogP) is 0.914. The number of phenols is 3. The first kappa shape index (κ1) is 50.2. The van der Waals surface area contributed by atoms with Gasteiger partial charge in [-0.25, -0.2) is 5.43 Å². The van der Waals surface area contributed by atoms with Crippen molar-refractivity contribution in [1.29, 1.82) is 0 Å². The number of rotatable bonds is 6. The topological polar surface area (TPSA) is 243 Å². The van der Waals surface area contributed by atoms with E-state index >= 15 is 0 Å². The quantitative estimate of drug-likeness (QED) is 0.0534. The maximum atomic E-state index is 14.4. The van der Waals surface area contributed by atoms with Crippen LogP contribution in [0.25, 0.3) is 10.8 Å². The Labute approximate surface area is 361 Å². The standard InChI is InChI=1S/C43H58N4O13.ClH/c1-20-14-13-15-21(2)42(56)45-33-27(18-44-46-29(49)19-47(9,10)11)37(53)30-31(38(33)54)36(52)25(6)40-32(30)41(55)43(8,60-40)58-17-16-28(57-12)22(3)39(59-26(7)48)24(5)35(51)23(4)34(20)50;/h13-18,20,22-24,28,34-35,39,50-51H,19H2,1-12H3,(H4-,44,45,46,49,52,53,54,55,56);1H. The summed E-state index contributed by atoms with van der Waals surface area (Å²) in [6, 6.07) is 0. The van der Waals surface area contributed by atoms with E-state index in [4.69, 9.17) is 18.9 Å². The number of nitrogens with one attached hydrogen (secondary N) is 2. The molecule has 0 aliphatic carbocycles. The minimum Gasteiger partial charge on any atom is -1.00 e. The number of aliphatic hydroxyl groups is 2. The SMILES string of the molecule is COC1C=COC2(C)Oc3c(C)c(O)c4c(O)c(c(C=NNC(=O)C[N+](C)(C)C)c(O)c4c3C2=O)NC(=O)C(C)=CC=CC(C)C(O)C(C)C(O)C(C)C(OC(C)=O)C1C.[Cl-]. The highest BCUT2D eigenvalue weighted by atomic mass is 35.5. The van der Waals surface area contributed by atoms with Crippen LogP contribution in [0.4, 0.5) is 5.69 Å². The molecule has 7 N–H and O–H groups in total. The van der Waals surface area contributed by atoms with Crippen molar-refractivity contribution in [1.82, 2.24) is 5.43 Å². The fourth-order valence-corrected chi connectivity index (χ4v) is 7.51. The first-order valence-corrected chi connectivity index (χ1v) is 19.6. The van der Waals surface area contributed by atoms with Crippen LogP contribution in [0.1, 0.15) is 70.0 Å². The number of allylic oxidation sites excluding steroid dienone is 2. The Morgan fingerprint density at radius 3 is 2.20 bits per heavy atom. The molecule has 3 heterocycles. The Morgan fingerprint density at radius 1 is 0.967 bits per heavy atom. The lowest BCUT2D eigenvalue weighted by atomic mass is 9.78. The van der Waals surface area contributed by atoms with Crippen LogP contribution in [0, 0.1) is 30.6 Å². The number of benzene rings is 2. The van der Waals surface area contributed by atoms with Gasteiger partial charge >= 0.3 is 11.8 Å². The lowest BCUT2D eigenvalue weighted by molar-refractivity contribution is -0.862. The molecule has 0 saturated heterocycles. The molecule has 2 amide bonds. The van der Waals surface area contributed by atoms with Gasteiger partial charge in [-0.1, -0.05) is 45.9 Å². The molecule has 3 aliphatic rings. The minimum absolute atomic E-state index is 0. The second kappa shape index (κ2) is 19.7. The van der Waals surface area contributed by atoms with E-state index in [1.165, 1.54) is 53.0 Å². The Balaban J connectivity index is 0.00000992. The van der Waals surface area contributed by atoms with Gasteiger partial charge in [0.05, 0.1) is 74.1 Å². The molecule has 2 aromatic carbocycles. The maximum absolute atomic E-state index is 14.4. The van der Waals surface area contributed by atoms with Crippen LogP contribution in [0.3, 0.4) is 0 Å². The normalized spacial score (nSPS) is 27.6. The van der Waals surface area contributed by atoms with Gasteiger partial charge in [0.1, 0.15) is 23.4 Å². The van der Waals surface area contributed by atoms with Crippen molar-refractivity contribution < 1.29 is 80.5 Å². The van der Waals surface area contributed by atoms with Crippen LogP contribution in [-0.2, 0) is 28.6 Å². The summed E-state index contributed by atoms with van der Waals surface area (Å²) in [5.74, 6) is -9.55. The molecular formula is C43H59ClN4O13. The molecule has 9 atom stereocenters. The smallest absolute Gasteiger partial charge is 0.312 e. The summed E-state index contributed by atoms with van der Waals surface area (Å²) in [5, 5.41) is 63.9. The number of esters is 1. The number of carbonyl (C=O) groups excluding carboxylic acids is 4. The van der Waals surface area contributed by atoms with Crippen LogP contribution in [0.5, 0.6) is 23.0 Å². The summed E-state index contributed by atoms with van der Waals surface area (Å²) in [7, 11) is 6.79. The van der Waals surface area contributed by atoms with Crippen LogP contribution in [-0.4, -0.2) is 125 Å². The summed E-state index contributed by atoms with van der Waals surface area (Å²) in [5.41, 5.74) is 1.46. The van der Waals surface area contributed by atoms with Gasteiger partial charge in [0, 0.05) is 61.2 Å². The number of nitrogens with zero attached hydrogens (tertiary/aromatic N) is 2. The van der Waals surface area contributed by atoms with E-state index in [1.54, 1.807) is 54.9 Å². The molecule has 0 radical (unpaired) electrons. The monoisotopic (exact) mass is 874 g/mol. The third-order valence-corrected chi connectivity index (χ3v) is 11.0. The zero-order valence-corrected chi connectivity index (χ0v) is 37.3. The number of aromatic hydroxyl groups is 3. The highest BCUT2D eigenvalue weighted by molar-refractivity contribution is 6.24. The molecule has 5 rings (SSSR count). The van der Waals surface area contributed by atoms with Crippen LogP contribution in [0.2, 0.25) is 0 Å². The molecule has 0 saturated carbocycles. The molecule has 18 heteroatoms. The molecular weight excluding hydrogens is 816 g/mol. The van der Waals surface area contributed by atoms with Gasteiger partial charge in [-0.15, -0.1) is 0 Å². The lowest BCUT2D eigenvalue weighted by Crippen LogP contribution is -3.00. The summed E-state index contributed by atoms with van der Waals surface area (Å²) in [6.45, 7) is 12.3. The fourth-order valence-electron chi connectivity index (χ4n) is 7.51. The van der Waals surface area contributed by atoms with E-state index in [2.05, 4.69) is 15.8 Å². The molecule has 336 valence electrons. The number of phenolic OH excluding ortho intramolecular Hbond substituents is 3. The Hall–Kier alpha value is -5.20. The van der Waals surface area contributed by atoms with E-state index < -0.39 is 106 Å². The van der Waals surface area contributed by atoms with Gasteiger partial charge in [0.15, 0.2) is 12.3 Å². The maximum Gasteiger partial charge on any atom is 0.312 e. The number of ketones is 1. The molecule has 2 aromatic rings. The molecule has 3 aliphatic heterocycles. The van der Waals surface area contributed by atoms with E-state index in [0.29, 0.717) is 0 Å². The van der Waals surface area contributed by atoms with Crippen molar-refractivity contribution in [3.63, 3.8) is 0 Å². The third kappa shape index (κ3) is 10.6. The zero-order chi connectivity index (χ0) is 45.2. The Bertz CT molecular complexity index is 2150. The van der Waals surface area contributed by atoms with E-state index in [-0.39, 0.29) is 56.8 Å². The van der Waals surface area contributed by atoms with Gasteiger partial charge in [0.2, 0.25) is 0 Å². The second-order valence-corrected chi connectivity index (χ2v) is 16.9. The van der Waals surface area contributed by atoms with Crippen LogP contribution >= 0.6 is 0 Å². The number of fused-ring (bicyclic) bond motifs is 14. The van der Waals surface area contributed by atoms with Crippen molar-refractivity contribution in [3.8, 4) is 23.0 Å². The van der Waals surface area contributed by atoms with Crippen LogP contribution < -0.4 is 27.9 Å². The van der Waals surface area contributed by atoms with Crippen molar-refractivity contribution in [2.45, 2.75) is 85.6 Å². The number of methoxy groups -OCH3 is 1. The number of Topliss-reactive ketones (excluding diaryl/α,β-unsaturated/α-hetero) is 1. The number of hydrogen-bond acceptors (Lipinski definition) is 14. The number of halogens is 1. The average molecular weight is 875 g/mol. The summed E-state index contributed by atoms with van der Waals surface area (Å²) < 4.78 is 23.7. The van der Waals surface area contributed by atoms with Gasteiger partial charge in [-0.2, -0.15) is 5.10 Å². The van der Waals surface area contributed by atoms with Gasteiger partial charge < -0.3 is 66.7 Å². The highest BCUT2D eigenvalue weighted by Gasteiger charge is 2.50. The third-order valence-electron chi connectivity index (χ3n) is 11.0. The minimum atomic E-state index is -2.10. The number of amides is 2. The summed E-state index contributed by atoms with van der Waals surface area (Å²) in [6.07, 6.45) is 4.24. The Morgan fingerprint density at radius 2 is 1.61 bits per heavy atom. The fraction of sp³-hybridized carbons (Fsp3) is 0.512.